The van der Waals surface area contributed by atoms with Crippen LogP contribution in [0.1, 0.15) is 5.56 Å². The number of nitrogens with one attached hydrogen (secondary N) is 1. The maximum atomic E-state index is 12.4. The Morgan fingerprint density at radius 1 is 1.00 bits per heavy atom. The predicted molar refractivity (Wildman–Crippen MR) is 136 cm³/mol. The number of carbonyl (C=O) groups excluding carboxylic acids is 1. The van der Waals surface area contributed by atoms with Gasteiger partial charge >= 0.3 is 0 Å². The van der Waals surface area contributed by atoms with Gasteiger partial charge in [0.1, 0.15) is 5.75 Å². The second-order valence-corrected chi connectivity index (χ2v) is 8.80. The minimum Gasteiger partial charge on any atom is -0.497 e. The maximum Gasteiger partial charge on any atom is 0.250 e. The summed E-state index contributed by atoms with van der Waals surface area (Å²) >= 11 is 13.4. The molecule has 4 rings (SSSR count). The van der Waals surface area contributed by atoms with Gasteiger partial charge in [-0.05, 0) is 78.4 Å². The number of halogens is 2. The average molecular weight is 512 g/mol. The van der Waals surface area contributed by atoms with Crippen LogP contribution in [-0.4, -0.2) is 39.7 Å². The molecule has 0 bridgehead atoms. The van der Waals surface area contributed by atoms with Crippen LogP contribution in [-0.2, 0) is 4.79 Å². The summed E-state index contributed by atoms with van der Waals surface area (Å²) in [5, 5.41) is 14.5. The standard InChI is InChI=1S/C24H19Cl2N5O2S/c1-33-21-12-2-16(3-13-21)14-27-28-22(32)15-34-24-30-29-23(17-4-6-18(25)7-5-17)31(24)20-10-8-19(26)9-11-20/h2-14H,15H2,1H3,(H,28,32)/b27-14-. The second kappa shape index (κ2) is 11.2. The van der Waals surface area contributed by atoms with Crippen LogP contribution in [0.5, 0.6) is 5.75 Å². The molecule has 10 heteroatoms. The number of hydrogen-bond acceptors (Lipinski definition) is 6. The van der Waals surface area contributed by atoms with Crippen molar-refractivity contribution >= 4 is 47.1 Å². The van der Waals surface area contributed by atoms with Gasteiger partial charge in [-0.2, -0.15) is 5.10 Å². The van der Waals surface area contributed by atoms with Gasteiger partial charge < -0.3 is 4.74 Å². The highest BCUT2D eigenvalue weighted by molar-refractivity contribution is 7.99. The minimum absolute atomic E-state index is 0.103. The van der Waals surface area contributed by atoms with Crippen molar-refractivity contribution in [2.24, 2.45) is 5.10 Å². The van der Waals surface area contributed by atoms with E-state index in [4.69, 9.17) is 27.9 Å². The minimum atomic E-state index is -0.270. The van der Waals surface area contributed by atoms with Gasteiger partial charge in [-0.25, -0.2) is 5.43 Å². The maximum absolute atomic E-state index is 12.4. The first-order chi connectivity index (χ1) is 16.5. The molecule has 172 valence electrons. The number of ether oxygens (including phenoxy) is 1. The number of nitrogens with zero attached hydrogens (tertiary/aromatic N) is 4. The summed E-state index contributed by atoms with van der Waals surface area (Å²) in [6, 6.07) is 22.0. The van der Waals surface area contributed by atoms with Crippen molar-refractivity contribution in [1.82, 2.24) is 20.2 Å². The number of carbonyl (C=O) groups is 1. The molecule has 0 saturated carbocycles. The Morgan fingerprint density at radius 2 is 1.65 bits per heavy atom. The SMILES string of the molecule is COc1ccc(/C=N\NC(=O)CSc2nnc(-c3ccc(Cl)cc3)n2-c2ccc(Cl)cc2)cc1. The van der Waals surface area contributed by atoms with Gasteiger partial charge in [0.05, 0.1) is 19.1 Å². The smallest absolute Gasteiger partial charge is 0.250 e. The van der Waals surface area contributed by atoms with Crippen LogP contribution >= 0.6 is 35.0 Å². The molecule has 0 radical (unpaired) electrons. The van der Waals surface area contributed by atoms with Gasteiger partial charge in [0.25, 0.3) is 5.91 Å². The molecule has 0 aliphatic heterocycles. The summed E-state index contributed by atoms with van der Waals surface area (Å²) in [6.45, 7) is 0. The van der Waals surface area contributed by atoms with Crippen molar-refractivity contribution in [2.45, 2.75) is 5.16 Å². The highest BCUT2D eigenvalue weighted by atomic mass is 35.5. The molecule has 0 saturated heterocycles. The first kappa shape index (κ1) is 23.8. The molecular formula is C24H19Cl2N5O2S. The van der Waals surface area contributed by atoms with E-state index in [-0.39, 0.29) is 11.7 Å². The third-order valence-corrected chi connectivity index (χ3v) is 6.10. The Bertz CT molecular complexity index is 1290. The largest absolute Gasteiger partial charge is 0.497 e. The van der Waals surface area contributed by atoms with Crippen LogP contribution in [0, 0.1) is 0 Å². The summed E-state index contributed by atoms with van der Waals surface area (Å²) in [5.41, 5.74) is 5.03. The Labute approximate surface area is 210 Å². The van der Waals surface area contributed by atoms with Crippen molar-refractivity contribution in [1.29, 1.82) is 0 Å². The van der Waals surface area contributed by atoms with Gasteiger partial charge in [0.15, 0.2) is 11.0 Å². The third-order valence-electron chi connectivity index (χ3n) is 4.67. The molecular weight excluding hydrogens is 493 g/mol. The number of amides is 1. The molecule has 1 N–H and O–H groups in total. The van der Waals surface area contributed by atoms with Crippen LogP contribution in [0.25, 0.3) is 17.1 Å². The normalized spacial score (nSPS) is 11.0. The lowest BCUT2D eigenvalue weighted by molar-refractivity contribution is -0.118. The first-order valence-electron chi connectivity index (χ1n) is 10.1. The molecule has 0 unspecified atom stereocenters. The van der Waals surface area contributed by atoms with E-state index in [1.165, 1.54) is 11.8 Å². The number of hydrogen-bond donors (Lipinski definition) is 1. The van der Waals surface area contributed by atoms with E-state index in [0.29, 0.717) is 21.0 Å². The Balaban J connectivity index is 1.48. The number of methoxy groups -OCH3 is 1. The predicted octanol–water partition coefficient (Wildman–Crippen LogP) is 5.49. The zero-order valence-corrected chi connectivity index (χ0v) is 20.3. The Hall–Kier alpha value is -3.33. The second-order valence-electron chi connectivity index (χ2n) is 6.98. The van der Waals surface area contributed by atoms with E-state index in [9.17, 15) is 4.79 Å². The molecule has 1 aromatic heterocycles. The summed E-state index contributed by atoms with van der Waals surface area (Å²) in [5.74, 6) is 1.21. The fourth-order valence-corrected chi connectivity index (χ4v) is 4.00. The van der Waals surface area contributed by atoms with E-state index < -0.39 is 0 Å². The molecule has 4 aromatic rings. The zero-order chi connectivity index (χ0) is 23.9. The molecule has 7 nitrogen and oxygen atoms in total. The van der Waals surface area contributed by atoms with E-state index in [1.54, 1.807) is 37.6 Å². The highest BCUT2D eigenvalue weighted by Gasteiger charge is 2.17. The van der Waals surface area contributed by atoms with Gasteiger partial charge in [0.2, 0.25) is 0 Å². The fourth-order valence-electron chi connectivity index (χ4n) is 3.00. The summed E-state index contributed by atoms with van der Waals surface area (Å²) in [6.07, 6.45) is 1.57. The van der Waals surface area contributed by atoms with Crippen molar-refractivity contribution in [3.05, 3.63) is 88.4 Å². The number of hydrazone groups is 1. The first-order valence-corrected chi connectivity index (χ1v) is 11.8. The highest BCUT2D eigenvalue weighted by Crippen LogP contribution is 2.29. The molecule has 34 heavy (non-hydrogen) atoms. The average Bonchev–Trinajstić information content (AvgIpc) is 3.28. The Kier molecular flexibility index (Phi) is 7.84. The molecule has 3 aromatic carbocycles. The number of aromatic nitrogens is 3. The quantitative estimate of drug-likeness (QED) is 0.192. The van der Waals surface area contributed by atoms with Crippen LogP contribution in [0.2, 0.25) is 10.0 Å². The van der Waals surface area contributed by atoms with Crippen molar-refractivity contribution in [3.63, 3.8) is 0 Å². The van der Waals surface area contributed by atoms with Crippen LogP contribution in [0.15, 0.2) is 83.1 Å². The van der Waals surface area contributed by atoms with Crippen LogP contribution in [0.4, 0.5) is 0 Å². The zero-order valence-electron chi connectivity index (χ0n) is 18.0. The Morgan fingerprint density at radius 3 is 2.29 bits per heavy atom. The third kappa shape index (κ3) is 5.96. The summed E-state index contributed by atoms with van der Waals surface area (Å²) in [7, 11) is 1.60. The molecule has 1 amide bonds. The summed E-state index contributed by atoms with van der Waals surface area (Å²) in [4.78, 5) is 12.4. The van der Waals surface area contributed by atoms with E-state index in [0.717, 1.165) is 22.6 Å². The van der Waals surface area contributed by atoms with Crippen LogP contribution < -0.4 is 10.2 Å². The van der Waals surface area contributed by atoms with E-state index in [2.05, 4.69) is 20.7 Å². The number of thioether (sulfide) groups is 1. The molecule has 0 spiro atoms. The lowest BCUT2D eigenvalue weighted by Crippen LogP contribution is -2.20. The topological polar surface area (TPSA) is 81.4 Å². The van der Waals surface area contributed by atoms with Crippen molar-refractivity contribution in [2.75, 3.05) is 12.9 Å². The molecule has 0 aliphatic rings. The molecule has 1 heterocycles. The fraction of sp³-hybridized carbons (Fsp3) is 0.0833. The van der Waals surface area contributed by atoms with Gasteiger partial charge in [-0.3, -0.25) is 9.36 Å². The van der Waals surface area contributed by atoms with Gasteiger partial charge in [-0.15, -0.1) is 10.2 Å². The van der Waals surface area contributed by atoms with E-state index in [1.807, 2.05) is 53.1 Å². The van der Waals surface area contributed by atoms with Gasteiger partial charge in [-0.1, -0.05) is 35.0 Å². The lowest BCUT2D eigenvalue weighted by atomic mass is 10.2. The molecule has 0 atom stereocenters. The monoisotopic (exact) mass is 511 g/mol. The van der Waals surface area contributed by atoms with E-state index >= 15 is 0 Å². The number of rotatable bonds is 8. The van der Waals surface area contributed by atoms with Gasteiger partial charge in [0, 0.05) is 21.3 Å². The van der Waals surface area contributed by atoms with Crippen LogP contribution in [0.3, 0.4) is 0 Å². The molecule has 0 aliphatic carbocycles. The lowest BCUT2D eigenvalue weighted by Gasteiger charge is -2.10. The summed E-state index contributed by atoms with van der Waals surface area (Å²) < 4.78 is 7.00. The van der Waals surface area contributed by atoms with Crippen molar-refractivity contribution < 1.29 is 9.53 Å². The number of benzene rings is 3. The molecule has 0 fully saturated rings. The van der Waals surface area contributed by atoms with Crippen molar-refractivity contribution in [3.8, 4) is 22.8 Å².